The maximum absolute atomic E-state index is 5.55. The van der Waals surface area contributed by atoms with Crippen molar-refractivity contribution >= 4 is 43.5 Å². The molecule has 0 amide bonds. The molecule has 0 fully saturated rings. The zero-order valence-electron chi connectivity index (χ0n) is 12.7. The van der Waals surface area contributed by atoms with Gasteiger partial charge in [0.2, 0.25) is 0 Å². The van der Waals surface area contributed by atoms with Crippen LogP contribution < -0.4 is 0 Å². The van der Waals surface area contributed by atoms with E-state index in [4.69, 9.17) is 20.4 Å². The van der Waals surface area contributed by atoms with Crippen LogP contribution in [0.5, 0.6) is 0 Å². The average Bonchev–Trinajstić information content (AvgIpc) is 3.29. The first-order valence-electron chi connectivity index (χ1n) is 7.13. The molecule has 0 atom stereocenters. The highest BCUT2D eigenvalue weighted by atomic mass is 79.9. The van der Waals surface area contributed by atoms with E-state index in [1.807, 2.05) is 48.5 Å². The van der Waals surface area contributed by atoms with Gasteiger partial charge < -0.3 is 8.83 Å². The Morgan fingerprint density at radius 3 is 1.76 bits per heavy atom. The first kappa shape index (κ1) is 17.9. The largest absolute Gasteiger partial charge is 0.444 e. The predicted octanol–water partition coefficient (Wildman–Crippen LogP) is 6.86. The quantitative estimate of drug-likeness (QED) is 0.313. The monoisotopic (exact) mass is 480 g/mol. The SMILES string of the molecule is Brc1ccc(-c2cnco2)cc1.Clc1ncc(-c2ccc(Br)cc2)o1. The fraction of sp³-hybridized carbons (Fsp3) is 0. The van der Waals surface area contributed by atoms with Crippen molar-refractivity contribution in [3.05, 3.63) is 81.6 Å². The molecule has 0 aliphatic heterocycles. The number of benzene rings is 2. The van der Waals surface area contributed by atoms with E-state index in [1.165, 1.54) is 6.39 Å². The molecule has 126 valence electrons. The second-order valence-electron chi connectivity index (χ2n) is 4.86. The lowest BCUT2D eigenvalue weighted by atomic mass is 10.2. The van der Waals surface area contributed by atoms with Gasteiger partial charge in [-0.2, -0.15) is 0 Å². The fourth-order valence-corrected chi connectivity index (χ4v) is 2.63. The predicted molar refractivity (Wildman–Crippen MR) is 104 cm³/mol. The highest BCUT2D eigenvalue weighted by molar-refractivity contribution is 9.10. The lowest BCUT2D eigenvalue weighted by Crippen LogP contribution is -1.71. The van der Waals surface area contributed by atoms with Crippen molar-refractivity contribution < 1.29 is 8.83 Å². The van der Waals surface area contributed by atoms with E-state index in [0.29, 0.717) is 5.76 Å². The lowest BCUT2D eigenvalue weighted by Gasteiger charge is -1.94. The molecule has 4 aromatic rings. The Bertz CT molecular complexity index is 921. The molecule has 0 aliphatic rings. The molecular formula is C18H11Br2ClN2O2. The Labute approximate surface area is 166 Å². The van der Waals surface area contributed by atoms with Crippen molar-refractivity contribution in [3.8, 4) is 22.6 Å². The van der Waals surface area contributed by atoms with Crippen molar-refractivity contribution in [2.24, 2.45) is 0 Å². The van der Waals surface area contributed by atoms with Crippen molar-refractivity contribution in [1.82, 2.24) is 9.97 Å². The summed E-state index contributed by atoms with van der Waals surface area (Å²) < 4.78 is 12.4. The number of rotatable bonds is 2. The topological polar surface area (TPSA) is 52.1 Å². The van der Waals surface area contributed by atoms with Crippen molar-refractivity contribution in [2.75, 3.05) is 0 Å². The van der Waals surface area contributed by atoms with Crippen LogP contribution in [0.1, 0.15) is 0 Å². The molecule has 2 heterocycles. The molecule has 0 spiro atoms. The van der Waals surface area contributed by atoms with Gasteiger partial charge in [-0.15, -0.1) is 0 Å². The third kappa shape index (κ3) is 5.04. The molecule has 0 unspecified atom stereocenters. The molecule has 25 heavy (non-hydrogen) atoms. The third-order valence-corrected chi connectivity index (χ3v) is 4.40. The highest BCUT2D eigenvalue weighted by Gasteiger charge is 2.03. The van der Waals surface area contributed by atoms with Gasteiger partial charge in [-0.1, -0.05) is 56.1 Å². The van der Waals surface area contributed by atoms with Crippen LogP contribution in [0.25, 0.3) is 22.6 Å². The molecule has 0 bridgehead atoms. The summed E-state index contributed by atoms with van der Waals surface area (Å²) in [5.74, 6) is 1.47. The first-order valence-corrected chi connectivity index (χ1v) is 9.10. The Kier molecular flexibility index (Phi) is 6.07. The van der Waals surface area contributed by atoms with E-state index in [9.17, 15) is 0 Å². The van der Waals surface area contributed by atoms with Crippen LogP contribution in [0.15, 0.2) is 85.1 Å². The molecule has 2 aromatic heterocycles. The molecular weight excluding hydrogens is 471 g/mol. The maximum Gasteiger partial charge on any atom is 0.292 e. The number of oxazole rings is 2. The average molecular weight is 483 g/mol. The Morgan fingerprint density at radius 1 is 0.760 bits per heavy atom. The Morgan fingerprint density at radius 2 is 1.32 bits per heavy atom. The molecule has 0 saturated carbocycles. The minimum atomic E-state index is 0.165. The van der Waals surface area contributed by atoms with Gasteiger partial charge in [0.25, 0.3) is 5.35 Å². The van der Waals surface area contributed by atoms with Crippen molar-refractivity contribution in [3.63, 3.8) is 0 Å². The van der Waals surface area contributed by atoms with Gasteiger partial charge in [0.1, 0.15) is 0 Å². The van der Waals surface area contributed by atoms with Crippen molar-refractivity contribution in [1.29, 1.82) is 0 Å². The summed E-state index contributed by atoms with van der Waals surface area (Å²) in [5, 5.41) is 0.165. The van der Waals surface area contributed by atoms with Crippen LogP contribution in [-0.2, 0) is 0 Å². The molecule has 0 aliphatic carbocycles. The highest BCUT2D eigenvalue weighted by Crippen LogP contribution is 2.24. The van der Waals surface area contributed by atoms with Crippen LogP contribution >= 0.6 is 43.5 Å². The van der Waals surface area contributed by atoms with Gasteiger partial charge in [0, 0.05) is 20.1 Å². The zero-order valence-corrected chi connectivity index (χ0v) is 16.6. The van der Waals surface area contributed by atoms with E-state index >= 15 is 0 Å². The van der Waals surface area contributed by atoms with Gasteiger partial charge in [-0.05, 0) is 35.9 Å². The summed E-state index contributed by atoms with van der Waals surface area (Å²) in [5.41, 5.74) is 2.00. The first-order chi connectivity index (χ1) is 12.1. The second-order valence-corrected chi connectivity index (χ2v) is 7.01. The zero-order chi connectivity index (χ0) is 17.6. The summed E-state index contributed by atoms with van der Waals surface area (Å²) >= 11 is 12.3. The number of hydrogen-bond donors (Lipinski definition) is 0. The van der Waals surface area contributed by atoms with Crippen LogP contribution in [0, 0.1) is 0 Å². The second kappa shape index (κ2) is 8.47. The normalized spacial score (nSPS) is 10.2. The molecule has 0 saturated heterocycles. The maximum atomic E-state index is 5.55. The number of halogens is 3. The summed E-state index contributed by atoms with van der Waals surface area (Å²) in [4.78, 5) is 7.65. The van der Waals surface area contributed by atoms with Gasteiger partial charge in [-0.3, -0.25) is 0 Å². The Hall–Kier alpha value is -1.89. The van der Waals surface area contributed by atoms with Crippen LogP contribution in [0.4, 0.5) is 0 Å². The molecule has 4 rings (SSSR count). The van der Waals surface area contributed by atoms with Gasteiger partial charge >= 0.3 is 0 Å². The summed E-state index contributed by atoms with van der Waals surface area (Å²) in [6.45, 7) is 0. The van der Waals surface area contributed by atoms with E-state index in [-0.39, 0.29) is 5.35 Å². The minimum Gasteiger partial charge on any atom is -0.444 e. The summed E-state index contributed by atoms with van der Waals surface area (Å²) in [6, 6.07) is 15.6. The molecule has 4 nitrogen and oxygen atoms in total. The van der Waals surface area contributed by atoms with Crippen LogP contribution in [0.3, 0.4) is 0 Å². The number of nitrogens with zero attached hydrogens (tertiary/aromatic N) is 2. The summed E-state index contributed by atoms with van der Waals surface area (Å²) in [6.07, 6.45) is 4.73. The van der Waals surface area contributed by atoms with E-state index in [1.54, 1.807) is 12.4 Å². The van der Waals surface area contributed by atoms with Gasteiger partial charge in [0.15, 0.2) is 17.9 Å². The van der Waals surface area contributed by atoms with Crippen LogP contribution in [-0.4, -0.2) is 9.97 Å². The number of aromatic nitrogens is 2. The van der Waals surface area contributed by atoms with Crippen LogP contribution in [0.2, 0.25) is 5.35 Å². The van der Waals surface area contributed by atoms with E-state index in [2.05, 4.69) is 41.8 Å². The third-order valence-electron chi connectivity index (χ3n) is 3.17. The fourth-order valence-electron chi connectivity index (χ4n) is 1.97. The smallest absolute Gasteiger partial charge is 0.292 e. The molecule has 0 N–H and O–H groups in total. The molecule has 7 heteroatoms. The van der Waals surface area contributed by atoms with E-state index < -0.39 is 0 Å². The summed E-state index contributed by atoms with van der Waals surface area (Å²) in [7, 11) is 0. The molecule has 2 aromatic carbocycles. The molecule has 0 radical (unpaired) electrons. The minimum absolute atomic E-state index is 0.165. The number of hydrogen-bond acceptors (Lipinski definition) is 4. The standard InChI is InChI=1S/C9H5BrClNO.C9H6BrNO/c10-7-3-1-6(2-4-7)8-5-12-9(11)13-8;10-8-3-1-7(2-4-8)9-5-11-6-12-9/h1-5H;1-6H. The van der Waals surface area contributed by atoms with Gasteiger partial charge in [0.05, 0.1) is 12.4 Å². The van der Waals surface area contributed by atoms with Crippen molar-refractivity contribution in [2.45, 2.75) is 0 Å². The van der Waals surface area contributed by atoms with Gasteiger partial charge in [-0.25, -0.2) is 9.97 Å². The lowest BCUT2D eigenvalue weighted by molar-refractivity contribution is 0.572. The van der Waals surface area contributed by atoms with E-state index in [0.717, 1.165) is 25.8 Å². The Balaban J connectivity index is 0.000000146.